The lowest BCUT2D eigenvalue weighted by Gasteiger charge is -2.06. The standard InChI is InChI=1S/C8H14O/c1-4-6-8(9)7(3)5-2/h5,8-9H,2-4,6H2,1H3/t8-/m1/s1. The van der Waals surface area contributed by atoms with Crippen molar-refractivity contribution in [1.82, 2.24) is 0 Å². The third kappa shape index (κ3) is 3.09. The number of hydrogen-bond acceptors (Lipinski definition) is 1. The van der Waals surface area contributed by atoms with Crippen molar-refractivity contribution in [3.05, 3.63) is 24.8 Å². The molecule has 0 rings (SSSR count). The molecule has 0 heterocycles. The van der Waals surface area contributed by atoms with Crippen molar-refractivity contribution >= 4 is 0 Å². The molecule has 1 heteroatoms. The van der Waals surface area contributed by atoms with Crippen molar-refractivity contribution in [2.24, 2.45) is 0 Å². The van der Waals surface area contributed by atoms with Crippen molar-refractivity contribution in [3.8, 4) is 0 Å². The lowest BCUT2D eigenvalue weighted by molar-refractivity contribution is 0.203. The van der Waals surface area contributed by atoms with Gasteiger partial charge in [0.1, 0.15) is 0 Å². The molecule has 0 aliphatic rings. The Morgan fingerprint density at radius 1 is 1.78 bits per heavy atom. The zero-order chi connectivity index (χ0) is 7.28. The van der Waals surface area contributed by atoms with Gasteiger partial charge in [0.15, 0.2) is 0 Å². The summed E-state index contributed by atoms with van der Waals surface area (Å²) in [4.78, 5) is 0. The van der Waals surface area contributed by atoms with Crippen LogP contribution in [0.2, 0.25) is 0 Å². The van der Waals surface area contributed by atoms with Gasteiger partial charge in [0.25, 0.3) is 0 Å². The molecule has 9 heavy (non-hydrogen) atoms. The number of hydrogen-bond donors (Lipinski definition) is 1. The van der Waals surface area contributed by atoms with Crippen LogP contribution < -0.4 is 0 Å². The minimum Gasteiger partial charge on any atom is -0.388 e. The number of aliphatic hydroxyl groups excluding tert-OH is 1. The summed E-state index contributed by atoms with van der Waals surface area (Å²) in [6.07, 6.45) is 2.98. The van der Waals surface area contributed by atoms with Gasteiger partial charge in [-0.15, -0.1) is 0 Å². The highest BCUT2D eigenvalue weighted by molar-refractivity contribution is 5.15. The van der Waals surface area contributed by atoms with Crippen LogP contribution in [0.3, 0.4) is 0 Å². The van der Waals surface area contributed by atoms with Crippen molar-refractivity contribution in [3.63, 3.8) is 0 Å². The summed E-state index contributed by atoms with van der Waals surface area (Å²) in [6.45, 7) is 9.16. The maximum atomic E-state index is 9.15. The van der Waals surface area contributed by atoms with E-state index in [2.05, 4.69) is 13.2 Å². The van der Waals surface area contributed by atoms with E-state index >= 15 is 0 Å². The minimum atomic E-state index is -0.382. The molecule has 1 N–H and O–H groups in total. The van der Waals surface area contributed by atoms with E-state index in [9.17, 15) is 0 Å². The van der Waals surface area contributed by atoms with Gasteiger partial charge in [0, 0.05) is 0 Å². The number of aliphatic hydroxyl groups is 1. The Morgan fingerprint density at radius 3 is 2.67 bits per heavy atom. The number of rotatable bonds is 4. The van der Waals surface area contributed by atoms with Crippen molar-refractivity contribution < 1.29 is 5.11 Å². The fourth-order valence-corrected chi connectivity index (χ4v) is 0.595. The minimum absolute atomic E-state index is 0.382. The van der Waals surface area contributed by atoms with E-state index < -0.39 is 0 Å². The van der Waals surface area contributed by atoms with Crippen LogP contribution in [0.25, 0.3) is 0 Å². The van der Waals surface area contributed by atoms with Crippen LogP contribution in [0, 0.1) is 0 Å². The highest BCUT2D eigenvalue weighted by atomic mass is 16.3. The first-order chi connectivity index (χ1) is 4.22. The second-order valence-electron chi connectivity index (χ2n) is 2.08. The molecular weight excluding hydrogens is 112 g/mol. The molecule has 0 fully saturated rings. The summed E-state index contributed by atoms with van der Waals surface area (Å²) in [5, 5.41) is 9.15. The molecule has 0 aromatic heterocycles. The molecule has 0 radical (unpaired) electrons. The molecule has 0 aliphatic heterocycles. The molecule has 0 spiro atoms. The predicted octanol–water partition coefficient (Wildman–Crippen LogP) is 1.89. The average molecular weight is 126 g/mol. The molecule has 0 unspecified atom stereocenters. The van der Waals surface area contributed by atoms with E-state index in [0.717, 1.165) is 18.4 Å². The summed E-state index contributed by atoms with van der Waals surface area (Å²) < 4.78 is 0. The van der Waals surface area contributed by atoms with E-state index in [0.29, 0.717) is 0 Å². The van der Waals surface area contributed by atoms with Crippen molar-refractivity contribution in [2.75, 3.05) is 0 Å². The fourth-order valence-electron chi connectivity index (χ4n) is 0.595. The van der Waals surface area contributed by atoms with Gasteiger partial charge in [-0.1, -0.05) is 32.6 Å². The van der Waals surface area contributed by atoms with Gasteiger partial charge in [-0.2, -0.15) is 0 Å². The fraction of sp³-hybridized carbons (Fsp3) is 0.500. The van der Waals surface area contributed by atoms with E-state index in [1.54, 1.807) is 6.08 Å². The van der Waals surface area contributed by atoms with Crippen molar-refractivity contribution in [2.45, 2.75) is 25.9 Å². The second-order valence-corrected chi connectivity index (χ2v) is 2.08. The van der Waals surface area contributed by atoms with Crippen LogP contribution in [0.1, 0.15) is 19.8 Å². The highest BCUT2D eigenvalue weighted by Gasteiger charge is 2.01. The van der Waals surface area contributed by atoms with Crippen LogP contribution in [0.15, 0.2) is 24.8 Å². The smallest absolute Gasteiger partial charge is 0.0784 e. The molecule has 0 bridgehead atoms. The summed E-state index contributed by atoms with van der Waals surface area (Å²) in [5.41, 5.74) is 0.719. The largest absolute Gasteiger partial charge is 0.388 e. The third-order valence-corrected chi connectivity index (χ3v) is 1.25. The van der Waals surface area contributed by atoms with Crippen molar-refractivity contribution in [1.29, 1.82) is 0 Å². The first kappa shape index (κ1) is 8.44. The Hall–Kier alpha value is -0.560. The molecule has 0 saturated carbocycles. The molecule has 1 atom stereocenters. The zero-order valence-corrected chi connectivity index (χ0v) is 5.93. The Labute approximate surface area is 56.7 Å². The van der Waals surface area contributed by atoms with E-state index in [1.165, 1.54) is 0 Å². The Kier molecular flexibility index (Phi) is 4.06. The maximum Gasteiger partial charge on any atom is 0.0784 e. The second kappa shape index (κ2) is 4.33. The lowest BCUT2D eigenvalue weighted by Crippen LogP contribution is -2.06. The molecule has 0 aromatic carbocycles. The molecule has 0 aromatic rings. The van der Waals surface area contributed by atoms with Crippen LogP contribution in [-0.2, 0) is 0 Å². The van der Waals surface area contributed by atoms with Gasteiger partial charge in [0.05, 0.1) is 6.10 Å². The topological polar surface area (TPSA) is 20.2 Å². The van der Waals surface area contributed by atoms with Gasteiger partial charge in [-0.3, -0.25) is 0 Å². The molecule has 1 nitrogen and oxygen atoms in total. The van der Waals surface area contributed by atoms with E-state index in [-0.39, 0.29) is 6.10 Å². The van der Waals surface area contributed by atoms with Gasteiger partial charge >= 0.3 is 0 Å². The SMILES string of the molecule is C=CC(=C)[C@H](O)CCC. The molecular formula is C8H14O. The van der Waals surface area contributed by atoms with Crippen LogP contribution in [-0.4, -0.2) is 11.2 Å². The first-order valence-corrected chi connectivity index (χ1v) is 3.21. The summed E-state index contributed by atoms with van der Waals surface area (Å²) in [6, 6.07) is 0. The normalized spacial score (nSPS) is 12.7. The van der Waals surface area contributed by atoms with Crippen LogP contribution in [0.4, 0.5) is 0 Å². The first-order valence-electron chi connectivity index (χ1n) is 3.21. The van der Waals surface area contributed by atoms with Crippen LogP contribution >= 0.6 is 0 Å². The quantitative estimate of drug-likeness (QED) is 0.570. The third-order valence-electron chi connectivity index (χ3n) is 1.25. The molecule has 0 saturated heterocycles. The van der Waals surface area contributed by atoms with Gasteiger partial charge in [-0.05, 0) is 12.0 Å². The zero-order valence-electron chi connectivity index (χ0n) is 5.93. The Balaban J connectivity index is 3.58. The lowest BCUT2D eigenvalue weighted by atomic mass is 10.1. The van der Waals surface area contributed by atoms with E-state index in [4.69, 9.17) is 5.11 Å². The highest BCUT2D eigenvalue weighted by Crippen LogP contribution is 2.05. The Bertz CT molecular complexity index is 105. The maximum absolute atomic E-state index is 9.15. The molecule has 0 aliphatic carbocycles. The van der Waals surface area contributed by atoms with Gasteiger partial charge in [-0.25, -0.2) is 0 Å². The van der Waals surface area contributed by atoms with E-state index in [1.807, 2.05) is 6.92 Å². The summed E-state index contributed by atoms with van der Waals surface area (Å²) in [5.74, 6) is 0. The monoisotopic (exact) mass is 126 g/mol. The predicted molar refractivity (Wildman–Crippen MR) is 40.3 cm³/mol. The molecule has 52 valence electrons. The average Bonchev–Trinajstić information content (AvgIpc) is 1.87. The van der Waals surface area contributed by atoms with Gasteiger partial charge < -0.3 is 5.11 Å². The van der Waals surface area contributed by atoms with Gasteiger partial charge in [0.2, 0.25) is 0 Å². The summed E-state index contributed by atoms with van der Waals surface area (Å²) >= 11 is 0. The Morgan fingerprint density at radius 2 is 2.33 bits per heavy atom. The summed E-state index contributed by atoms with van der Waals surface area (Å²) in [7, 11) is 0. The van der Waals surface area contributed by atoms with Crippen LogP contribution in [0.5, 0.6) is 0 Å². The molecule has 0 amide bonds.